The molecule has 34 heavy (non-hydrogen) atoms. The summed E-state index contributed by atoms with van der Waals surface area (Å²) in [7, 11) is 3.67. The molecule has 2 heterocycles. The molecule has 2 aromatic carbocycles. The summed E-state index contributed by atoms with van der Waals surface area (Å²) in [6.07, 6.45) is 4.35. The highest BCUT2D eigenvalue weighted by Crippen LogP contribution is 2.31. The summed E-state index contributed by atoms with van der Waals surface area (Å²) in [5.74, 6) is 4.82. The molecular formula is C26H28N6O2. The van der Waals surface area contributed by atoms with Gasteiger partial charge in [0.15, 0.2) is 0 Å². The quantitative estimate of drug-likeness (QED) is 0.252. The maximum Gasteiger partial charge on any atom is 0.254 e. The molecule has 3 N–H and O–H groups in total. The topological polar surface area (TPSA) is 106 Å². The molecule has 0 aliphatic rings. The number of aromatic nitrogens is 3. The van der Waals surface area contributed by atoms with Crippen molar-refractivity contribution < 1.29 is 9.59 Å². The van der Waals surface area contributed by atoms with Gasteiger partial charge in [0.25, 0.3) is 5.91 Å². The number of pyridine rings is 1. The number of hydrogen-bond donors (Lipinski definition) is 2. The van der Waals surface area contributed by atoms with Crippen molar-refractivity contribution in [3.8, 4) is 11.3 Å². The predicted molar refractivity (Wildman–Crippen MR) is 132 cm³/mol. The van der Waals surface area contributed by atoms with Crippen LogP contribution in [0.5, 0.6) is 0 Å². The Kier molecular flexibility index (Phi) is 6.70. The zero-order chi connectivity index (χ0) is 24.2. The van der Waals surface area contributed by atoms with Gasteiger partial charge < -0.3 is 4.90 Å². The molecule has 4 rings (SSSR count). The maximum atomic E-state index is 13.6. The largest absolute Gasteiger partial charge is 0.335 e. The van der Waals surface area contributed by atoms with Crippen molar-refractivity contribution in [2.75, 3.05) is 7.05 Å². The van der Waals surface area contributed by atoms with Gasteiger partial charge in [0, 0.05) is 43.2 Å². The Morgan fingerprint density at radius 3 is 2.62 bits per heavy atom. The third-order valence-corrected chi connectivity index (χ3v) is 6.13. The van der Waals surface area contributed by atoms with E-state index in [1.54, 1.807) is 28.9 Å². The molecule has 8 nitrogen and oxygen atoms in total. The van der Waals surface area contributed by atoms with Gasteiger partial charge in [0.2, 0.25) is 5.91 Å². The number of aryl methyl sites for hydroxylation is 2. The zero-order valence-electron chi connectivity index (χ0n) is 19.5. The van der Waals surface area contributed by atoms with Crippen LogP contribution in [0.25, 0.3) is 22.2 Å². The van der Waals surface area contributed by atoms with Crippen LogP contribution in [0.1, 0.15) is 40.9 Å². The highest BCUT2D eigenvalue weighted by molar-refractivity contribution is 5.96. The summed E-state index contributed by atoms with van der Waals surface area (Å²) in [6.45, 7) is 2.01. The van der Waals surface area contributed by atoms with Crippen molar-refractivity contribution in [2.45, 2.75) is 25.8 Å². The van der Waals surface area contributed by atoms with E-state index in [0.29, 0.717) is 12.0 Å². The molecule has 0 unspecified atom stereocenters. The number of fused-ring (bicyclic) bond motifs is 1. The first-order valence-corrected chi connectivity index (χ1v) is 11.1. The van der Waals surface area contributed by atoms with Crippen LogP contribution in [0.15, 0.2) is 67.0 Å². The molecule has 2 amide bonds. The fourth-order valence-corrected chi connectivity index (χ4v) is 4.09. The molecule has 0 radical (unpaired) electrons. The number of benzene rings is 2. The van der Waals surface area contributed by atoms with Gasteiger partial charge in [0.1, 0.15) is 0 Å². The van der Waals surface area contributed by atoms with E-state index in [-0.39, 0.29) is 24.3 Å². The van der Waals surface area contributed by atoms with Gasteiger partial charge in [-0.3, -0.25) is 19.7 Å². The van der Waals surface area contributed by atoms with Crippen molar-refractivity contribution in [3.63, 3.8) is 0 Å². The molecule has 0 aliphatic carbocycles. The first-order valence-electron chi connectivity index (χ1n) is 11.1. The maximum absolute atomic E-state index is 13.6. The van der Waals surface area contributed by atoms with Crippen LogP contribution in [0.2, 0.25) is 0 Å². The van der Waals surface area contributed by atoms with E-state index in [1.165, 1.54) is 0 Å². The molecular weight excluding hydrogens is 428 g/mol. The highest BCUT2D eigenvalue weighted by Gasteiger charge is 2.23. The monoisotopic (exact) mass is 456 g/mol. The van der Waals surface area contributed by atoms with Gasteiger partial charge in [-0.25, -0.2) is 10.8 Å². The average molecular weight is 457 g/mol. The number of nitrogens with zero attached hydrogens (tertiary/aromatic N) is 4. The van der Waals surface area contributed by atoms with Crippen molar-refractivity contribution in [2.24, 2.45) is 12.9 Å². The van der Waals surface area contributed by atoms with Crippen LogP contribution < -0.4 is 11.3 Å². The van der Waals surface area contributed by atoms with Crippen LogP contribution in [0, 0.1) is 0 Å². The Hall–Kier alpha value is -4.04. The minimum Gasteiger partial charge on any atom is -0.335 e. The minimum absolute atomic E-state index is 0.111. The minimum atomic E-state index is -0.268. The Morgan fingerprint density at radius 1 is 1.15 bits per heavy atom. The normalized spacial score (nSPS) is 11.9. The third kappa shape index (κ3) is 4.67. The Labute approximate surface area is 198 Å². The molecule has 0 bridgehead atoms. The van der Waals surface area contributed by atoms with E-state index >= 15 is 0 Å². The number of nitrogens with one attached hydrogen (secondary N) is 1. The average Bonchev–Trinajstić information content (AvgIpc) is 3.31. The van der Waals surface area contributed by atoms with E-state index in [4.69, 9.17) is 10.8 Å². The van der Waals surface area contributed by atoms with Crippen molar-refractivity contribution in [1.82, 2.24) is 25.1 Å². The molecule has 0 fully saturated rings. The number of carbonyl (C=O) groups excluding carboxylic acids is 2. The number of rotatable bonds is 7. The van der Waals surface area contributed by atoms with E-state index in [2.05, 4.69) is 10.5 Å². The number of amides is 2. The molecule has 0 aliphatic heterocycles. The van der Waals surface area contributed by atoms with E-state index in [1.807, 2.05) is 68.7 Å². The smallest absolute Gasteiger partial charge is 0.254 e. The lowest BCUT2D eigenvalue weighted by atomic mass is 9.97. The number of para-hydroxylation sites is 1. The fourth-order valence-electron chi connectivity index (χ4n) is 4.09. The Morgan fingerprint density at radius 2 is 1.88 bits per heavy atom. The lowest BCUT2D eigenvalue weighted by Crippen LogP contribution is -2.31. The van der Waals surface area contributed by atoms with Gasteiger partial charge in [-0.2, -0.15) is 5.10 Å². The van der Waals surface area contributed by atoms with Gasteiger partial charge in [-0.1, -0.05) is 36.4 Å². The Bertz CT molecular complexity index is 1350. The molecule has 1 atom stereocenters. The molecule has 174 valence electrons. The second kappa shape index (κ2) is 9.84. The second-order valence-electron chi connectivity index (χ2n) is 8.33. The molecule has 0 saturated heterocycles. The fraction of sp³-hybridized carbons (Fsp3) is 0.231. The zero-order valence-corrected chi connectivity index (χ0v) is 19.5. The molecule has 0 saturated carbocycles. The van der Waals surface area contributed by atoms with Crippen LogP contribution in [0.4, 0.5) is 0 Å². The number of hydrazine groups is 1. The van der Waals surface area contributed by atoms with Crippen molar-refractivity contribution >= 4 is 22.7 Å². The molecule has 8 heteroatoms. The van der Waals surface area contributed by atoms with Crippen LogP contribution >= 0.6 is 0 Å². The predicted octanol–water partition coefficient (Wildman–Crippen LogP) is 3.39. The summed E-state index contributed by atoms with van der Waals surface area (Å²) in [4.78, 5) is 31.7. The van der Waals surface area contributed by atoms with E-state index < -0.39 is 0 Å². The number of hydrogen-bond acceptors (Lipinski definition) is 5. The van der Waals surface area contributed by atoms with Gasteiger partial charge in [-0.15, -0.1) is 0 Å². The number of carbonyl (C=O) groups is 2. The van der Waals surface area contributed by atoms with Crippen LogP contribution in [0.3, 0.4) is 0 Å². The summed E-state index contributed by atoms with van der Waals surface area (Å²) in [5.41, 5.74) is 7.11. The molecule has 4 aromatic rings. The summed E-state index contributed by atoms with van der Waals surface area (Å²) >= 11 is 0. The summed E-state index contributed by atoms with van der Waals surface area (Å²) < 4.78 is 1.74. The SMILES string of the molecule is C[C@H](c1cc(-c2cnn(C)c2)nc2ccccc12)N(C)C(=O)c1ccccc1CCC(=O)NN. The summed E-state index contributed by atoms with van der Waals surface area (Å²) in [5, 5.41) is 5.27. The van der Waals surface area contributed by atoms with E-state index in [9.17, 15) is 9.59 Å². The molecule has 2 aromatic heterocycles. The van der Waals surface area contributed by atoms with E-state index in [0.717, 1.165) is 33.3 Å². The second-order valence-corrected chi connectivity index (χ2v) is 8.33. The summed E-state index contributed by atoms with van der Waals surface area (Å²) in [6, 6.07) is 17.1. The lowest BCUT2D eigenvalue weighted by molar-refractivity contribution is -0.121. The van der Waals surface area contributed by atoms with Crippen molar-refractivity contribution in [3.05, 3.63) is 83.7 Å². The van der Waals surface area contributed by atoms with Crippen LogP contribution in [-0.2, 0) is 18.3 Å². The standard InChI is InChI=1S/C26H28N6O2/c1-17(32(3)26(34)20-9-5-4-8-18(20)12-13-25(33)30-27)22-14-24(19-15-28-31(2)16-19)29-23-11-7-6-10-21(22)23/h4-11,14-17H,12-13,27H2,1-3H3,(H,30,33)/t17-/m1/s1. The highest BCUT2D eigenvalue weighted by atomic mass is 16.2. The van der Waals surface area contributed by atoms with Crippen LogP contribution in [-0.4, -0.2) is 38.5 Å². The third-order valence-electron chi connectivity index (χ3n) is 6.13. The first-order chi connectivity index (χ1) is 16.4. The van der Waals surface area contributed by atoms with Gasteiger partial charge in [0.05, 0.1) is 23.4 Å². The van der Waals surface area contributed by atoms with Gasteiger partial charge in [-0.05, 0) is 42.7 Å². The lowest BCUT2D eigenvalue weighted by Gasteiger charge is -2.27. The molecule has 0 spiro atoms. The Balaban J connectivity index is 1.69. The van der Waals surface area contributed by atoms with Crippen molar-refractivity contribution in [1.29, 1.82) is 0 Å². The first kappa shape index (κ1) is 23.1. The van der Waals surface area contributed by atoms with Gasteiger partial charge >= 0.3 is 0 Å². The number of nitrogens with two attached hydrogens (primary N) is 1.